The molecule has 8 rings (SSSR count). The molecule has 222 valence electrons. The van der Waals surface area contributed by atoms with Gasteiger partial charge in [0, 0.05) is 33.4 Å². The monoisotopic (exact) mass is 602 g/mol. The van der Waals surface area contributed by atoms with Gasteiger partial charge >= 0.3 is 0 Å². The molecule has 8 aromatic rings. The predicted octanol–water partition coefficient (Wildman–Crippen LogP) is 9.11. The van der Waals surface area contributed by atoms with Gasteiger partial charge in [0.2, 0.25) is 23.6 Å². The summed E-state index contributed by atoms with van der Waals surface area (Å²) in [7, 11) is 3.36. The SMILES string of the molecule is COc1ccc2cc(-c3nnc(-c4ccccc4)o3)ccc2c1-c1c(OC)ccc2cc(-c3nnc(-c4ccccc4)o3)ccc12. The van der Waals surface area contributed by atoms with Gasteiger partial charge in [0.15, 0.2) is 0 Å². The number of hydrogen-bond acceptors (Lipinski definition) is 8. The van der Waals surface area contributed by atoms with Crippen molar-refractivity contribution in [3.05, 3.63) is 121 Å². The van der Waals surface area contributed by atoms with Crippen molar-refractivity contribution in [1.29, 1.82) is 0 Å². The Hall–Kier alpha value is -6.28. The maximum atomic E-state index is 6.05. The minimum atomic E-state index is 0.449. The summed E-state index contributed by atoms with van der Waals surface area (Å²) in [5.74, 6) is 3.30. The second-order valence-electron chi connectivity index (χ2n) is 10.7. The largest absolute Gasteiger partial charge is 0.496 e. The van der Waals surface area contributed by atoms with Gasteiger partial charge in [0.25, 0.3) is 0 Å². The highest BCUT2D eigenvalue weighted by Gasteiger charge is 2.21. The van der Waals surface area contributed by atoms with E-state index < -0.39 is 0 Å². The number of nitrogens with zero attached hydrogens (tertiary/aromatic N) is 4. The number of benzene rings is 6. The maximum absolute atomic E-state index is 6.05. The molecule has 2 aromatic heterocycles. The van der Waals surface area contributed by atoms with E-state index in [1.54, 1.807) is 14.2 Å². The van der Waals surface area contributed by atoms with Crippen LogP contribution in [0.4, 0.5) is 0 Å². The average Bonchev–Trinajstić information content (AvgIpc) is 3.83. The molecule has 0 saturated heterocycles. The zero-order chi connectivity index (χ0) is 31.0. The smallest absolute Gasteiger partial charge is 0.248 e. The average molecular weight is 603 g/mol. The van der Waals surface area contributed by atoms with Crippen LogP contribution < -0.4 is 9.47 Å². The second-order valence-corrected chi connectivity index (χ2v) is 10.7. The Morgan fingerprint density at radius 2 is 0.804 bits per heavy atom. The fourth-order valence-corrected chi connectivity index (χ4v) is 5.82. The lowest BCUT2D eigenvalue weighted by Gasteiger charge is -2.18. The van der Waals surface area contributed by atoms with Gasteiger partial charge in [-0.2, -0.15) is 0 Å². The molecule has 0 aliphatic rings. The van der Waals surface area contributed by atoms with Gasteiger partial charge in [0.1, 0.15) is 11.5 Å². The number of methoxy groups -OCH3 is 2. The molecule has 46 heavy (non-hydrogen) atoms. The van der Waals surface area contributed by atoms with E-state index in [4.69, 9.17) is 18.3 Å². The molecule has 6 aromatic carbocycles. The molecule has 0 radical (unpaired) electrons. The third kappa shape index (κ3) is 4.73. The highest BCUT2D eigenvalue weighted by Crippen LogP contribution is 2.46. The van der Waals surface area contributed by atoms with Crippen LogP contribution in [-0.2, 0) is 0 Å². The van der Waals surface area contributed by atoms with Crippen LogP contribution in [0.1, 0.15) is 0 Å². The highest BCUT2D eigenvalue weighted by atomic mass is 16.5. The first-order valence-corrected chi connectivity index (χ1v) is 14.7. The van der Waals surface area contributed by atoms with E-state index in [0.29, 0.717) is 23.6 Å². The molecule has 8 heteroatoms. The van der Waals surface area contributed by atoms with Crippen LogP contribution in [0.5, 0.6) is 11.5 Å². The van der Waals surface area contributed by atoms with E-state index in [1.165, 1.54) is 0 Å². The summed E-state index contributed by atoms with van der Waals surface area (Å²) in [6, 6.07) is 39.7. The predicted molar refractivity (Wildman–Crippen MR) is 177 cm³/mol. The third-order valence-electron chi connectivity index (χ3n) is 8.04. The summed E-state index contributed by atoms with van der Waals surface area (Å²) < 4.78 is 24.0. The Balaban J connectivity index is 1.24. The summed E-state index contributed by atoms with van der Waals surface area (Å²) >= 11 is 0. The first-order valence-electron chi connectivity index (χ1n) is 14.7. The van der Waals surface area contributed by atoms with Gasteiger partial charge in [-0.3, -0.25) is 0 Å². The van der Waals surface area contributed by atoms with Gasteiger partial charge in [-0.15, -0.1) is 20.4 Å². The summed E-state index contributed by atoms with van der Waals surface area (Å²) in [5.41, 5.74) is 5.22. The number of ether oxygens (including phenoxy) is 2. The molecule has 8 nitrogen and oxygen atoms in total. The lowest BCUT2D eigenvalue weighted by atomic mass is 9.91. The zero-order valence-electron chi connectivity index (χ0n) is 25.0. The number of fused-ring (bicyclic) bond motifs is 2. The van der Waals surface area contributed by atoms with Crippen LogP contribution in [-0.4, -0.2) is 34.6 Å². The van der Waals surface area contributed by atoms with Crippen LogP contribution >= 0.6 is 0 Å². The van der Waals surface area contributed by atoms with Gasteiger partial charge in [-0.25, -0.2) is 0 Å². The van der Waals surface area contributed by atoms with Crippen LogP contribution in [0.3, 0.4) is 0 Å². The first kappa shape index (κ1) is 27.3. The van der Waals surface area contributed by atoms with Crippen molar-refractivity contribution >= 4 is 21.5 Å². The quantitative estimate of drug-likeness (QED) is 0.178. The molecule has 0 spiro atoms. The van der Waals surface area contributed by atoms with E-state index >= 15 is 0 Å². The van der Waals surface area contributed by atoms with Crippen molar-refractivity contribution in [1.82, 2.24) is 20.4 Å². The van der Waals surface area contributed by atoms with E-state index in [2.05, 4.69) is 44.7 Å². The summed E-state index contributed by atoms with van der Waals surface area (Å²) in [4.78, 5) is 0. The molecule has 0 atom stereocenters. The molecular weight excluding hydrogens is 576 g/mol. The van der Waals surface area contributed by atoms with Crippen molar-refractivity contribution in [2.24, 2.45) is 0 Å². The fraction of sp³-hybridized carbons (Fsp3) is 0.0526. The molecule has 0 unspecified atom stereocenters. The molecular formula is C38H26N4O4. The number of hydrogen-bond donors (Lipinski definition) is 0. The standard InChI is InChI=1S/C38H26N4O4/c1-43-31-19-15-25-21-27(37-41-39-35(45-37)23-9-5-3-6-10-23)13-17-29(25)33(31)34-30-18-14-28(22-26(30)16-20-32(34)44-2)38-42-40-36(46-38)24-11-7-4-8-12-24/h3-22H,1-2H3. The van der Waals surface area contributed by atoms with Crippen molar-refractivity contribution in [2.45, 2.75) is 0 Å². The number of rotatable bonds is 7. The van der Waals surface area contributed by atoms with Crippen LogP contribution in [0.2, 0.25) is 0 Å². The van der Waals surface area contributed by atoms with E-state index in [-0.39, 0.29) is 0 Å². The van der Waals surface area contributed by atoms with E-state index in [1.807, 2.05) is 97.1 Å². The topological polar surface area (TPSA) is 96.3 Å². The molecule has 0 fully saturated rings. The molecule has 0 saturated carbocycles. The normalized spacial score (nSPS) is 11.3. The highest BCUT2D eigenvalue weighted by molar-refractivity contribution is 6.10. The van der Waals surface area contributed by atoms with Gasteiger partial charge in [0.05, 0.1) is 14.2 Å². The van der Waals surface area contributed by atoms with Crippen LogP contribution in [0.15, 0.2) is 130 Å². The van der Waals surface area contributed by atoms with E-state index in [0.717, 1.165) is 66.4 Å². The molecule has 0 aliphatic carbocycles. The molecule has 0 N–H and O–H groups in total. The van der Waals surface area contributed by atoms with Gasteiger partial charge in [-0.05, 0) is 82.2 Å². The molecule has 2 heterocycles. The fourth-order valence-electron chi connectivity index (χ4n) is 5.82. The van der Waals surface area contributed by atoms with Crippen molar-refractivity contribution in [3.8, 4) is 68.4 Å². The molecule has 0 aliphatic heterocycles. The van der Waals surface area contributed by atoms with Crippen LogP contribution in [0, 0.1) is 0 Å². The van der Waals surface area contributed by atoms with Crippen molar-refractivity contribution < 1.29 is 18.3 Å². The lowest BCUT2D eigenvalue weighted by Crippen LogP contribution is -1.95. The van der Waals surface area contributed by atoms with Crippen molar-refractivity contribution in [2.75, 3.05) is 14.2 Å². The number of aromatic nitrogens is 4. The summed E-state index contributed by atoms with van der Waals surface area (Å²) in [6.45, 7) is 0. The molecule has 0 amide bonds. The van der Waals surface area contributed by atoms with E-state index in [9.17, 15) is 0 Å². The Bertz CT molecular complexity index is 2180. The zero-order valence-corrected chi connectivity index (χ0v) is 25.0. The molecule has 0 bridgehead atoms. The van der Waals surface area contributed by atoms with Gasteiger partial charge in [-0.1, -0.05) is 60.7 Å². The first-order chi connectivity index (χ1) is 22.7. The third-order valence-corrected chi connectivity index (χ3v) is 8.04. The maximum Gasteiger partial charge on any atom is 0.248 e. The summed E-state index contributed by atoms with van der Waals surface area (Å²) in [6.07, 6.45) is 0. The summed E-state index contributed by atoms with van der Waals surface area (Å²) in [5, 5.41) is 21.1. The minimum absolute atomic E-state index is 0.449. The minimum Gasteiger partial charge on any atom is -0.496 e. The Labute approximate surface area is 263 Å². The Kier molecular flexibility index (Phi) is 6.72. The lowest BCUT2D eigenvalue weighted by molar-refractivity contribution is 0.411. The van der Waals surface area contributed by atoms with Crippen molar-refractivity contribution in [3.63, 3.8) is 0 Å². The second kappa shape index (κ2) is 11.3. The Morgan fingerprint density at radius 1 is 0.413 bits per heavy atom. The van der Waals surface area contributed by atoms with Gasteiger partial charge < -0.3 is 18.3 Å². The van der Waals surface area contributed by atoms with Crippen LogP contribution in [0.25, 0.3) is 78.5 Å². The Morgan fingerprint density at radius 3 is 1.20 bits per heavy atom.